The molecule has 0 saturated carbocycles. The summed E-state index contributed by atoms with van der Waals surface area (Å²) in [5.41, 5.74) is 2.65. The fraction of sp³-hybridized carbons (Fsp3) is 0.455. The third kappa shape index (κ3) is 4.06. The summed E-state index contributed by atoms with van der Waals surface area (Å²) in [6, 6.07) is 9.88. The number of nitrogens with one attached hydrogen (secondary N) is 1. The number of aryl methyl sites for hydroxylation is 1. The molecule has 2 aromatic rings. The van der Waals surface area contributed by atoms with Gasteiger partial charge in [0.05, 0.1) is 12.8 Å². The number of carbonyl (C=O) groups excluding carboxylic acids is 2. The lowest BCUT2D eigenvalue weighted by atomic mass is 9.90. The Kier molecular flexibility index (Phi) is 5.77. The Bertz CT molecular complexity index is 835. The van der Waals surface area contributed by atoms with Crippen LogP contribution in [0.25, 0.3) is 0 Å². The Morgan fingerprint density at radius 1 is 1.07 bits per heavy atom. The largest absolute Gasteiger partial charge is 0.467 e. The topological polar surface area (TPSA) is 65.8 Å². The summed E-state index contributed by atoms with van der Waals surface area (Å²) in [6.45, 7) is 10.6. The van der Waals surface area contributed by atoms with Crippen LogP contribution in [0.5, 0.6) is 0 Å². The fourth-order valence-electron chi connectivity index (χ4n) is 3.52. The number of carbonyl (C=O) groups is 2. The van der Waals surface area contributed by atoms with Gasteiger partial charge < -0.3 is 19.5 Å². The van der Waals surface area contributed by atoms with Gasteiger partial charge in [0.1, 0.15) is 11.2 Å². The lowest BCUT2D eigenvalue weighted by molar-refractivity contribution is -0.148. The van der Waals surface area contributed by atoms with Crippen molar-refractivity contribution in [3.05, 3.63) is 53.5 Å². The van der Waals surface area contributed by atoms with E-state index in [0.29, 0.717) is 18.8 Å². The first-order valence-electron chi connectivity index (χ1n) is 9.72. The second-order valence-corrected chi connectivity index (χ2v) is 7.89. The SMILES string of the molecule is Cc1cccc(N2CCN(C(=O)C(C)(C)C(=O)NCc3ccco3)CC2)c1C. The fourth-order valence-corrected chi connectivity index (χ4v) is 3.52. The van der Waals surface area contributed by atoms with E-state index in [1.807, 2.05) is 0 Å². The van der Waals surface area contributed by atoms with Gasteiger partial charge in [0.25, 0.3) is 0 Å². The molecule has 0 unspecified atom stereocenters. The normalized spacial score (nSPS) is 14.9. The molecule has 1 saturated heterocycles. The van der Waals surface area contributed by atoms with Crippen molar-refractivity contribution in [1.29, 1.82) is 0 Å². The molecule has 1 aliphatic rings. The molecular formula is C22H29N3O3. The molecule has 1 aliphatic heterocycles. The molecule has 0 bridgehead atoms. The molecule has 6 heteroatoms. The van der Waals surface area contributed by atoms with Crippen LogP contribution in [0, 0.1) is 19.3 Å². The van der Waals surface area contributed by atoms with Crippen LogP contribution >= 0.6 is 0 Å². The highest BCUT2D eigenvalue weighted by atomic mass is 16.3. The highest BCUT2D eigenvalue weighted by Gasteiger charge is 2.40. The van der Waals surface area contributed by atoms with Gasteiger partial charge in [-0.3, -0.25) is 9.59 Å². The molecule has 150 valence electrons. The molecule has 2 heterocycles. The summed E-state index contributed by atoms with van der Waals surface area (Å²) in [5.74, 6) is 0.245. The zero-order valence-electron chi connectivity index (χ0n) is 17.1. The summed E-state index contributed by atoms with van der Waals surface area (Å²) in [6.07, 6.45) is 1.56. The van der Waals surface area contributed by atoms with Crippen LogP contribution in [0.3, 0.4) is 0 Å². The number of hydrogen-bond donors (Lipinski definition) is 1. The summed E-state index contributed by atoms with van der Waals surface area (Å²) in [7, 11) is 0. The number of nitrogens with zero attached hydrogens (tertiary/aromatic N) is 2. The van der Waals surface area contributed by atoms with Gasteiger partial charge in [-0.1, -0.05) is 12.1 Å². The number of piperazine rings is 1. The van der Waals surface area contributed by atoms with Crippen LogP contribution < -0.4 is 10.2 Å². The smallest absolute Gasteiger partial charge is 0.237 e. The molecule has 1 N–H and O–H groups in total. The Balaban J connectivity index is 1.59. The van der Waals surface area contributed by atoms with E-state index in [0.717, 1.165) is 13.1 Å². The maximum absolute atomic E-state index is 13.0. The van der Waals surface area contributed by atoms with Gasteiger partial charge in [-0.15, -0.1) is 0 Å². The van der Waals surface area contributed by atoms with Crippen LogP contribution in [-0.2, 0) is 16.1 Å². The minimum absolute atomic E-state index is 0.134. The van der Waals surface area contributed by atoms with Crippen molar-refractivity contribution in [3.8, 4) is 0 Å². The molecule has 6 nitrogen and oxygen atoms in total. The van der Waals surface area contributed by atoms with Crippen LogP contribution in [0.1, 0.15) is 30.7 Å². The number of rotatable bonds is 5. The predicted octanol–water partition coefficient (Wildman–Crippen LogP) is 2.89. The number of anilines is 1. The number of benzene rings is 1. The molecular weight excluding hydrogens is 354 g/mol. The maximum atomic E-state index is 13.0. The number of hydrogen-bond acceptors (Lipinski definition) is 4. The molecule has 0 aliphatic carbocycles. The molecule has 0 spiro atoms. The highest BCUT2D eigenvalue weighted by Crippen LogP contribution is 2.26. The molecule has 28 heavy (non-hydrogen) atoms. The van der Waals surface area contributed by atoms with Gasteiger partial charge in [-0.2, -0.15) is 0 Å². The van der Waals surface area contributed by atoms with Crippen molar-refractivity contribution in [2.24, 2.45) is 5.41 Å². The minimum Gasteiger partial charge on any atom is -0.467 e. The second-order valence-electron chi connectivity index (χ2n) is 7.89. The van der Waals surface area contributed by atoms with Crippen molar-refractivity contribution in [1.82, 2.24) is 10.2 Å². The zero-order valence-corrected chi connectivity index (χ0v) is 17.1. The van der Waals surface area contributed by atoms with E-state index < -0.39 is 5.41 Å². The second kappa shape index (κ2) is 8.09. The minimum atomic E-state index is -1.12. The van der Waals surface area contributed by atoms with E-state index in [9.17, 15) is 9.59 Å². The highest BCUT2D eigenvalue weighted by molar-refractivity contribution is 6.04. The van der Waals surface area contributed by atoms with Crippen LogP contribution in [0.2, 0.25) is 0 Å². The third-order valence-corrected chi connectivity index (χ3v) is 5.59. The van der Waals surface area contributed by atoms with Gasteiger partial charge in [0.15, 0.2) is 0 Å². The van der Waals surface area contributed by atoms with Crippen LogP contribution in [-0.4, -0.2) is 42.9 Å². The molecule has 2 amide bonds. The average Bonchev–Trinajstić information content (AvgIpc) is 3.21. The predicted molar refractivity (Wildman–Crippen MR) is 109 cm³/mol. The Morgan fingerprint density at radius 3 is 2.43 bits per heavy atom. The molecule has 0 atom stereocenters. The molecule has 0 radical (unpaired) electrons. The standard InChI is InChI=1S/C22H29N3O3/c1-16-7-5-9-19(17(16)2)24-10-12-25(13-11-24)21(27)22(3,4)20(26)23-15-18-8-6-14-28-18/h5-9,14H,10-13,15H2,1-4H3,(H,23,26). The van der Waals surface area contributed by atoms with Crippen molar-refractivity contribution in [2.45, 2.75) is 34.2 Å². The van der Waals surface area contributed by atoms with Crippen LogP contribution in [0.15, 0.2) is 41.0 Å². The first-order chi connectivity index (χ1) is 13.3. The maximum Gasteiger partial charge on any atom is 0.237 e. The Morgan fingerprint density at radius 2 is 1.79 bits per heavy atom. The first kappa shape index (κ1) is 20.0. The monoisotopic (exact) mass is 383 g/mol. The van der Waals surface area contributed by atoms with Crippen molar-refractivity contribution in [3.63, 3.8) is 0 Å². The number of furan rings is 1. The Hall–Kier alpha value is -2.76. The summed E-state index contributed by atoms with van der Waals surface area (Å²) in [5, 5.41) is 2.80. The summed E-state index contributed by atoms with van der Waals surface area (Å²) in [4.78, 5) is 29.7. The lowest BCUT2D eigenvalue weighted by Gasteiger charge is -2.39. The first-order valence-corrected chi connectivity index (χ1v) is 9.72. The van der Waals surface area contributed by atoms with Gasteiger partial charge in [-0.25, -0.2) is 0 Å². The molecule has 3 rings (SSSR count). The molecule has 1 fully saturated rings. The van der Waals surface area contributed by atoms with E-state index in [1.165, 1.54) is 16.8 Å². The van der Waals surface area contributed by atoms with Crippen molar-refractivity contribution >= 4 is 17.5 Å². The summed E-state index contributed by atoms with van der Waals surface area (Å²) >= 11 is 0. The van der Waals surface area contributed by atoms with Crippen molar-refractivity contribution < 1.29 is 14.0 Å². The van der Waals surface area contributed by atoms with E-state index in [-0.39, 0.29) is 18.4 Å². The summed E-state index contributed by atoms with van der Waals surface area (Å²) < 4.78 is 5.23. The quantitative estimate of drug-likeness (QED) is 0.807. The third-order valence-electron chi connectivity index (χ3n) is 5.59. The van der Waals surface area contributed by atoms with Crippen molar-refractivity contribution in [2.75, 3.05) is 31.1 Å². The zero-order chi connectivity index (χ0) is 20.3. The number of amides is 2. The van der Waals surface area contributed by atoms with E-state index in [1.54, 1.807) is 37.1 Å². The van der Waals surface area contributed by atoms with Gasteiger partial charge in [0, 0.05) is 31.9 Å². The van der Waals surface area contributed by atoms with Gasteiger partial charge >= 0.3 is 0 Å². The van der Waals surface area contributed by atoms with Gasteiger partial charge in [0.2, 0.25) is 11.8 Å². The average molecular weight is 383 g/mol. The van der Waals surface area contributed by atoms with Gasteiger partial charge in [-0.05, 0) is 57.0 Å². The van der Waals surface area contributed by atoms with Crippen LogP contribution in [0.4, 0.5) is 5.69 Å². The van der Waals surface area contributed by atoms with E-state index in [4.69, 9.17) is 4.42 Å². The molecule has 1 aromatic heterocycles. The lowest BCUT2D eigenvalue weighted by Crippen LogP contribution is -2.55. The van der Waals surface area contributed by atoms with E-state index in [2.05, 4.69) is 42.3 Å². The Labute approximate surface area is 166 Å². The molecule has 1 aromatic carbocycles. The van der Waals surface area contributed by atoms with E-state index >= 15 is 0 Å².